The van der Waals surface area contributed by atoms with Gasteiger partial charge < -0.3 is 9.47 Å². The third-order valence-electron chi connectivity index (χ3n) is 6.93. The van der Waals surface area contributed by atoms with Gasteiger partial charge in [0.25, 0.3) is 0 Å². The summed E-state index contributed by atoms with van der Waals surface area (Å²) in [6.45, 7) is 8.53. The van der Waals surface area contributed by atoms with Crippen LogP contribution in [-0.2, 0) is 25.3 Å². The Labute approximate surface area is 202 Å². The third kappa shape index (κ3) is 5.37. The number of hydrogen-bond donors (Lipinski definition) is 0. The molecule has 3 rings (SSSR count). The summed E-state index contributed by atoms with van der Waals surface area (Å²) in [5, 5.41) is 0. The van der Waals surface area contributed by atoms with E-state index >= 15 is 0 Å². The minimum absolute atomic E-state index is 0.120. The predicted octanol–water partition coefficient (Wildman–Crippen LogP) is 6.89. The van der Waals surface area contributed by atoms with Crippen LogP contribution in [0.5, 0.6) is 0 Å². The van der Waals surface area contributed by atoms with E-state index in [0.29, 0.717) is 10.3 Å². The second kappa shape index (κ2) is 10.4. The van der Waals surface area contributed by atoms with Gasteiger partial charge in [0.05, 0.1) is 0 Å². The van der Waals surface area contributed by atoms with Crippen LogP contribution in [0.25, 0.3) is 0 Å². The highest BCUT2D eigenvalue weighted by molar-refractivity contribution is 8.22. The van der Waals surface area contributed by atoms with Crippen LogP contribution in [0.15, 0.2) is 60.7 Å². The molecule has 172 valence electrons. The third-order valence-corrected chi connectivity index (χ3v) is 7.93. The number of thioether (sulfide) groups is 1. The molecule has 32 heavy (non-hydrogen) atoms. The van der Waals surface area contributed by atoms with Crippen LogP contribution in [0.3, 0.4) is 0 Å². The van der Waals surface area contributed by atoms with E-state index in [9.17, 15) is 4.79 Å². The average Bonchev–Trinajstić information content (AvgIpc) is 2.80. The van der Waals surface area contributed by atoms with Gasteiger partial charge in [-0.25, -0.2) is 4.79 Å². The molecule has 3 nitrogen and oxygen atoms in total. The highest BCUT2D eigenvalue weighted by Gasteiger charge is 2.46. The van der Waals surface area contributed by atoms with Gasteiger partial charge in [-0.3, -0.25) is 0 Å². The van der Waals surface area contributed by atoms with Gasteiger partial charge in [-0.05, 0) is 55.1 Å². The van der Waals surface area contributed by atoms with Gasteiger partial charge in [0.1, 0.15) is 6.10 Å². The first-order valence-corrected chi connectivity index (χ1v) is 12.9. The first-order valence-electron chi connectivity index (χ1n) is 11.3. The Morgan fingerprint density at radius 3 is 2.09 bits per heavy atom. The molecule has 4 atom stereocenters. The Kier molecular flexibility index (Phi) is 8.05. The molecule has 1 aliphatic carbocycles. The van der Waals surface area contributed by atoms with Crippen LogP contribution in [-0.4, -0.2) is 22.7 Å². The molecule has 0 aliphatic heterocycles. The van der Waals surface area contributed by atoms with Crippen molar-refractivity contribution in [2.45, 2.75) is 64.1 Å². The van der Waals surface area contributed by atoms with Crippen molar-refractivity contribution in [1.29, 1.82) is 0 Å². The quantitative estimate of drug-likeness (QED) is 0.339. The topological polar surface area (TPSA) is 35.5 Å². The molecule has 0 unspecified atom stereocenters. The number of benzene rings is 2. The number of ether oxygens (including phenoxy) is 2. The van der Waals surface area contributed by atoms with Gasteiger partial charge in [-0.2, -0.15) is 0 Å². The van der Waals surface area contributed by atoms with Crippen molar-refractivity contribution >= 4 is 34.3 Å². The smallest absolute Gasteiger partial charge is 0.355 e. The Bertz CT molecular complexity index is 913. The van der Waals surface area contributed by atoms with E-state index in [1.165, 1.54) is 17.3 Å². The number of esters is 1. The first kappa shape index (κ1) is 24.8. The van der Waals surface area contributed by atoms with E-state index in [-0.39, 0.29) is 23.4 Å². The summed E-state index contributed by atoms with van der Waals surface area (Å²) >= 11 is 6.64. The lowest BCUT2D eigenvalue weighted by Crippen LogP contribution is -2.47. The second-order valence-corrected chi connectivity index (χ2v) is 10.9. The van der Waals surface area contributed by atoms with Crippen LogP contribution < -0.4 is 0 Å². The van der Waals surface area contributed by atoms with Crippen molar-refractivity contribution < 1.29 is 14.3 Å². The molecular weight excluding hydrogens is 436 g/mol. The maximum Gasteiger partial charge on any atom is 0.355 e. The molecule has 2 aromatic carbocycles. The van der Waals surface area contributed by atoms with Crippen LogP contribution in [0.4, 0.5) is 0 Å². The summed E-state index contributed by atoms with van der Waals surface area (Å²) in [7, 11) is 0. The number of rotatable bonds is 6. The molecule has 0 aromatic heterocycles. The van der Waals surface area contributed by atoms with Crippen molar-refractivity contribution in [3.63, 3.8) is 0 Å². The molecule has 0 saturated heterocycles. The predicted molar refractivity (Wildman–Crippen MR) is 137 cm³/mol. The van der Waals surface area contributed by atoms with Crippen LogP contribution in [0, 0.1) is 11.8 Å². The highest BCUT2D eigenvalue weighted by atomic mass is 32.2. The lowest BCUT2D eigenvalue weighted by atomic mass is 9.64. The molecule has 1 fully saturated rings. The summed E-state index contributed by atoms with van der Waals surface area (Å²) in [4.78, 5) is 13.7. The van der Waals surface area contributed by atoms with Crippen LogP contribution in [0.2, 0.25) is 0 Å². The van der Waals surface area contributed by atoms with Gasteiger partial charge in [0, 0.05) is 11.5 Å². The molecular formula is C27H34O3S2. The maximum atomic E-state index is 13.7. The lowest BCUT2D eigenvalue weighted by Gasteiger charge is -2.44. The zero-order valence-electron chi connectivity index (χ0n) is 19.7. The summed E-state index contributed by atoms with van der Waals surface area (Å²) in [6.07, 6.45) is 4.67. The minimum atomic E-state index is -1.29. The summed E-state index contributed by atoms with van der Waals surface area (Å²) < 4.78 is 12.7. The summed E-state index contributed by atoms with van der Waals surface area (Å²) in [6, 6.07) is 20.0. The van der Waals surface area contributed by atoms with Crippen molar-refractivity contribution in [3.8, 4) is 0 Å². The number of hydrogen-bond acceptors (Lipinski definition) is 5. The van der Waals surface area contributed by atoms with Crippen LogP contribution in [0.1, 0.15) is 58.1 Å². The SMILES string of the molecule is CSC(=S)O[C@@](C)(C(=O)O[C@@H]1C[C@H](C)CC[C@H]1C(C)(C)c1ccccc1)c1ccccc1. The summed E-state index contributed by atoms with van der Waals surface area (Å²) in [5.41, 5.74) is 0.601. The van der Waals surface area contributed by atoms with Gasteiger partial charge in [-0.1, -0.05) is 99.6 Å². The van der Waals surface area contributed by atoms with Gasteiger partial charge in [-0.15, -0.1) is 0 Å². The van der Waals surface area contributed by atoms with E-state index in [2.05, 4.69) is 45.0 Å². The minimum Gasteiger partial charge on any atom is -0.459 e. The van der Waals surface area contributed by atoms with Gasteiger partial charge in [0.15, 0.2) is 0 Å². The molecule has 0 bridgehead atoms. The Hall–Kier alpha value is -1.85. The van der Waals surface area contributed by atoms with E-state index < -0.39 is 5.60 Å². The number of carbonyl (C=O) groups excluding carboxylic acids is 1. The molecule has 5 heteroatoms. The fourth-order valence-electron chi connectivity index (χ4n) is 4.80. The molecule has 2 aromatic rings. The Morgan fingerprint density at radius 1 is 0.969 bits per heavy atom. The monoisotopic (exact) mass is 470 g/mol. The molecule has 1 saturated carbocycles. The zero-order chi connectivity index (χ0) is 23.4. The Morgan fingerprint density at radius 2 is 1.53 bits per heavy atom. The molecule has 0 radical (unpaired) electrons. The normalized spacial score (nSPS) is 23.1. The van der Waals surface area contributed by atoms with Crippen molar-refractivity contribution in [3.05, 3.63) is 71.8 Å². The molecule has 0 N–H and O–H groups in total. The highest BCUT2D eigenvalue weighted by Crippen LogP contribution is 2.44. The van der Waals surface area contributed by atoms with Crippen molar-refractivity contribution in [2.75, 3.05) is 6.26 Å². The van der Waals surface area contributed by atoms with E-state index in [4.69, 9.17) is 21.7 Å². The summed E-state index contributed by atoms with van der Waals surface area (Å²) in [5.74, 6) is 0.345. The standard InChI is InChI=1S/C27H34O3S2/c1-19-16-17-22(26(2,3)20-12-8-6-9-13-20)23(18-19)29-24(28)27(4,30-25(31)32-5)21-14-10-7-11-15-21/h6-15,19,22-23H,16-18H2,1-5H3/t19-,22-,23-,27-/m1/s1. The molecule has 0 amide bonds. The second-order valence-electron chi connectivity index (χ2n) is 9.51. The van der Waals surface area contributed by atoms with Crippen LogP contribution >= 0.6 is 24.0 Å². The van der Waals surface area contributed by atoms with Crippen molar-refractivity contribution in [2.24, 2.45) is 11.8 Å². The maximum absolute atomic E-state index is 13.7. The molecule has 1 aliphatic rings. The average molecular weight is 471 g/mol. The fourth-order valence-corrected chi connectivity index (χ4v) is 5.22. The number of thiocarbonyl (C=S) groups is 1. The fraction of sp³-hybridized carbons (Fsp3) is 0.481. The van der Waals surface area contributed by atoms with E-state index in [0.717, 1.165) is 24.8 Å². The molecule has 0 spiro atoms. The first-order chi connectivity index (χ1) is 15.2. The number of carbonyl (C=O) groups is 1. The van der Waals surface area contributed by atoms with Gasteiger partial charge >= 0.3 is 5.97 Å². The largest absolute Gasteiger partial charge is 0.459 e. The van der Waals surface area contributed by atoms with Crippen molar-refractivity contribution in [1.82, 2.24) is 0 Å². The molecule has 0 heterocycles. The Balaban J connectivity index is 1.91. The zero-order valence-corrected chi connectivity index (χ0v) is 21.3. The van der Waals surface area contributed by atoms with E-state index in [1.807, 2.05) is 42.7 Å². The van der Waals surface area contributed by atoms with E-state index in [1.54, 1.807) is 6.92 Å². The van der Waals surface area contributed by atoms with Gasteiger partial charge in [0.2, 0.25) is 9.98 Å². The lowest BCUT2D eigenvalue weighted by molar-refractivity contribution is -0.175.